The summed E-state index contributed by atoms with van der Waals surface area (Å²) in [7, 11) is 3.88. The van der Waals surface area contributed by atoms with Crippen molar-refractivity contribution < 1.29 is 14.6 Å². The Labute approximate surface area is 345 Å². The van der Waals surface area contributed by atoms with Crippen LogP contribution in [-0.4, -0.2) is 57.2 Å². The zero-order valence-corrected chi connectivity index (χ0v) is 35.6. The smallest absolute Gasteiger partial charge is 0.352 e. The van der Waals surface area contributed by atoms with Gasteiger partial charge in [0.25, 0.3) is 0 Å². The molecule has 6 rings (SSSR count). The number of carboxylic acids is 1. The van der Waals surface area contributed by atoms with E-state index in [2.05, 4.69) is 48.8 Å². The molecule has 0 aliphatic heterocycles. The van der Waals surface area contributed by atoms with E-state index in [1.54, 1.807) is 6.07 Å². The third kappa shape index (κ3) is 9.06. The van der Waals surface area contributed by atoms with Gasteiger partial charge in [0, 0.05) is 58.6 Å². The molecule has 11 heteroatoms. The van der Waals surface area contributed by atoms with Gasteiger partial charge in [-0.1, -0.05) is 42.3 Å². The maximum Gasteiger partial charge on any atom is 0.352 e. The molecule has 0 saturated carbocycles. The number of likely N-dealkylation sites (N-methyl/N-ethyl adjacent to an activating group) is 1. The van der Waals surface area contributed by atoms with Crippen molar-refractivity contribution in [1.82, 2.24) is 24.6 Å². The highest BCUT2D eigenvalue weighted by Crippen LogP contribution is 2.44. The van der Waals surface area contributed by atoms with Gasteiger partial charge < -0.3 is 25.0 Å². The number of fused-ring (bicyclic) bond motifs is 1. The molecule has 0 bridgehead atoms. The molecule has 0 saturated heterocycles. The number of aromatic nitrogens is 4. The lowest BCUT2D eigenvalue weighted by Gasteiger charge is -2.21. The monoisotopic (exact) mass is 806 g/mol. The van der Waals surface area contributed by atoms with E-state index in [0.717, 1.165) is 108 Å². The minimum atomic E-state index is -0.988. The normalized spacial score (nSPS) is 11.8. The topological polar surface area (TPSA) is 106 Å². The van der Waals surface area contributed by atoms with E-state index in [1.165, 1.54) is 0 Å². The summed E-state index contributed by atoms with van der Waals surface area (Å²) < 4.78 is 10.1. The second-order valence-electron chi connectivity index (χ2n) is 14.7. The van der Waals surface area contributed by atoms with Crippen LogP contribution in [0.1, 0.15) is 80.8 Å². The van der Waals surface area contributed by atoms with Gasteiger partial charge in [0.1, 0.15) is 11.4 Å². The summed E-state index contributed by atoms with van der Waals surface area (Å²) in [6, 6.07) is 19.9. The molecule has 6 aromatic rings. The van der Waals surface area contributed by atoms with Crippen molar-refractivity contribution in [2.75, 3.05) is 32.1 Å². The molecular formula is C46H52Cl2N6O3. The van der Waals surface area contributed by atoms with Crippen molar-refractivity contribution in [1.29, 1.82) is 0 Å². The second-order valence-corrected chi connectivity index (χ2v) is 15.5. The maximum atomic E-state index is 12.8. The zero-order valence-electron chi connectivity index (χ0n) is 34.1. The molecule has 0 amide bonds. The summed E-state index contributed by atoms with van der Waals surface area (Å²) in [5.41, 5.74) is 13.5. The second kappa shape index (κ2) is 18.0. The van der Waals surface area contributed by atoms with Crippen LogP contribution >= 0.6 is 23.2 Å². The van der Waals surface area contributed by atoms with Crippen molar-refractivity contribution in [3.8, 4) is 16.9 Å². The van der Waals surface area contributed by atoms with E-state index < -0.39 is 5.97 Å². The van der Waals surface area contributed by atoms with E-state index >= 15 is 0 Å². The molecular weight excluding hydrogens is 755 g/mol. The highest BCUT2D eigenvalue weighted by Gasteiger charge is 2.24. The molecule has 298 valence electrons. The molecule has 0 unspecified atom stereocenters. The molecule has 3 heterocycles. The number of anilines is 1. The molecule has 57 heavy (non-hydrogen) atoms. The van der Waals surface area contributed by atoms with Crippen LogP contribution in [0.3, 0.4) is 0 Å². The molecule has 3 N–H and O–H groups in total. The van der Waals surface area contributed by atoms with Crippen LogP contribution in [0.2, 0.25) is 10.0 Å². The summed E-state index contributed by atoms with van der Waals surface area (Å²) in [6.45, 7) is 14.3. The Balaban J connectivity index is 1.57. The fourth-order valence-electron chi connectivity index (χ4n) is 7.65. The first-order chi connectivity index (χ1) is 27.3. The van der Waals surface area contributed by atoms with Crippen molar-refractivity contribution in [3.63, 3.8) is 0 Å². The molecule has 9 nitrogen and oxygen atoms in total. The van der Waals surface area contributed by atoms with E-state index in [-0.39, 0.29) is 5.69 Å². The van der Waals surface area contributed by atoms with Gasteiger partial charge in [-0.15, -0.1) is 0 Å². The van der Waals surface area contributed by atoms with Crippen molar-refractivity contribution in [2.24, 2.45) is 7.05 Å². The Morgan fingerprint density at radius 1 is 0.965 bits per heavy atom. The lowest BCUT2D eigenvalue weighted by atomic mass is 9.91. The Morgan fingerprint density at radius 3 is 2.37 bits per heavy atom. The van der Waals surface area contributed by atoms with Gasteiger partial charge >= 0.3 is 5.97 Å². The van der Waals surface area contributed by atoms with Gasteiger partial charge in [-0.3, -0.25) is 9.67 Å². The number of hydrogen-bond acceptors (Lipinski definition) is 6. The standard InChI is InChI=1S/C46H52Cl2N6O3/c1-9-32-22-34(45-35(23-32)25-40(46(55)56)54(45)26-36-14-10-12-29(4)51-36)24-33(13-11-19-57-37-20-27(2)43(48)28(3)21-37)38-15-16-39(47)42(44(38)50-18-17-49-7)41-30(5)52-53(8)31(41)6/h10,12,14-16,20-25,49-50H,9,11,13,17-19,26H2,1-8H3,(H,55,56)/b33-24+. The Bertz CT molecular complexity index is 2460. The number of carbonyl (C=O) groups is 1. The summed E-state index contributed by atoms with van der Waals surface area (Å²) in [5.74, 6) is -0.204. The van der Waals surface area contributed by atoms with Crippen molar-refractivity contribution in [3.05, 3.63) is 127 Å². The third-order valence-corrected chi connectivity index (χ3v) is 11.4. The fourth-order valence-corrected chi connectivity index (χ4v) is 8.01. The average molecular weight is 808 g/mol. The van der Waals surface area contributed by atoms with Gasteiger partial charge in [0.15, 0.2) is 0 Å². The van der Waals surface area contributed by atoms with Crippen LogP contribution in [0.4, 0.5) is 5.69 Å². The lowest BCUT2D eigenvalue weighted by molar-refractivity contribution is 0.0686. The predicted molar refractivity (Wildman–Crippen MR) is 235 cm³/mol. The van der Waals surface area contributed by atoms with Crippen LogP contribution in [0.5, 0.6) is 5.75 Å². The van der Waals surface area contributed by atoms with Crippen LogP contribution in [0.25, 0.3) is 33.7 Å². The van der Waals surface area contributed by atoms with Crippen LogP contribution < -0.4 is 15.4 Å². The molecule has 0 radical (unpaired) electrons. The molecule has 0 aliphatic rings. The first-order valence-corrected chi connectivity index (χ1v) is 20.2. The largest absolute Gasteiger partial charge is 0.494 e. The molecule has 0 spiro atoms. The van der Waals surface area contributed by atoms with Crippen LogP contribution in [0.15, 0.2) is 60.7 Å². The van der Waals surface area contributed by atoms with Crippen molar-refractivity contribution in [2.45, 2.75) is 67.3 Å². The predicted octanol–water partition coefficient (Wildman–Crippen LogP) is 10.6. The number of pyridine rings is 1. The number of nitrogens with zero attached hydrogens (tertiary/aromatic N) is 4. The fraction of sp³-hybridized carbons (Fsp3) is 0.326. The summed E-state index contributed by atoms with van der Waals surface area (Å²) in [6.07, 6.45) is 4.37. The highest BCUT2D eigenvalue weighted by atomic mass is 35.5. The third-order valence-electron chi connectivity index (χ3n) is 10.5. The number of halogens is 2. The van der Waals surface area contributed by atoms with Crippen LogP contribution in [-0.2, 0) is 20.0 Å². The van der Waals surface area contributed by atoms with Gasteiger partial charge in [-0.05, 0) is 143 Å². The maximum absolute atomic E-state index is 12.8. The molecule has 3 aromatic heterocycles. The van der Waals surface area contributed by atoms with Gasteiger partial charge in [0.2, 0.25) is 0 Å². The number of aromatic carboxylic acids is 1. The number of aryl methyl sites for hydroxylation is 6. The minimum Gasteiger partial charge on any atom is -0.494 e. The summed E-state index contributed by atoms with van der Waals surface area (Å²) in [5, 5.41) is 24.5. The van der Waals surface area contributed by atoms with Crippen molar-refractivity contribution >= 4 is 57.4 Å². The van der Waals surface area contributed by atoms with E-state index in [0.29, 0.717) is 37.6 Å². The van der Waals surface area contributed by atoms with Gasteiger partial charge in [-0.2, -0.15) is 5.10 Å². The molecule has 0 aliphatic carbocycles. The number of nitrogens with one attached hydrogen (secondary N) is 2. The summed E-state index contributed by atoms with van der Waals surface area (Å²) in [4.78, 5) is 17.6. The number of allylic oxidation sites excluding steroid dienone is 1. The van der Waals surface area contributed by atoms with Gasteiger partial charge in [0.05, 0.1) is 40.8 Å². The van der Waals surface area contributed by atoms with E-state index in [4.69, 9.17) is 38.0 Å². The number of hydrogen-bond donors (Lipinski definition) is 3. The van der Waals surface area contributed by atoms with E-state index in [1.807, 2.05) is 87.4 Å². The molecule has 0 atom stereocenters. The Kier molecular flexibility index (Phi) is 13.1. The highest BCUT2D eigenvalue weighted by molar-refractivity contribution is 6.34. The first-order valence-electron chi connectivity index (χ1n) is 19.4. The van der Waals surface area contributed by atoms with Crippen LogP contribution in [0, 0.1) is 34.6 Å². The number of rotatable bonds is 16. The molecule has 3 aromatic carbocycles. The molecule has 0 fully saturated rings. The average Bonchev–Trinajstić information content (AvgIpc) is 3.66. The zero-order chi connectivity index (χ0) is 41.0. The SMILES string of the molecule is CCc1cc(/C=C(\CCCOc2cc(C)c(Cl)c(C)c2)c2ccc(Cl)c(-c3c(C)nn(C)c3C)c2NCCNC)c2c(c1)cc(C(=O)O)n2Cc1cccc(C)n1. The van der Waals surface area contributed by atoms with E-state index in [9.17, 15) is 9.90 Å². The van der Waals surface area contributed by atoms with Gasteiger partial charge in [-0.25, -0.2) is 4.79 Å². The lowest BCUT2D eigenvalue weighted by Crippen LogP contribution is -2.19. The first kappa shape index (κ1) is 41.5. The number of ether oxygens (including phenoxy) is 1. The Hall–Kier alpha value is -5.09. The number of carboxylic acid groups (broad SMARTS) is 1. The number of benzene rings is 3. The summed E-state index contributed by atoms with van der Waals surface area (Å²) >= 11 is 13.6. The Morgan fingerprint density at radius 2 is 1.72 bits per heavy atom. The minimum absolute atomic E-state index is 0.213. The quantitative estimate of drug-likeness (QED) is 0.0660.